The number of aromatic nitrogens is 2. The van der Waals surface area contributed by atoms with E-state index >= 15 is 0 Å². The summed E-state index contributed by atoms with van der Waals surface area (Å²) in [5.74, 6) is 1.25. The second-order valence-corrected chi connectivity index (χ2v) is 10.3. The highest BCUT2D eigenvalue weighted by Crippen LogP contribution is 2.48. The van der Waals surface area contributed by atoms with Gasteiger partial charge in [0.1, 0.15) is 0 Å². The van der Waals surface area contributed by atoms with Crippen molar-refractivity contribution in [1.29, 1.82) is 0 Å². The lowest BCUT2D eigenvalue weighted by molar-refractivity contribution is -0.141. The number of nitrogens with one attached hydrogen (secondary N) is 1. The topological polar surface area (TPSA) is 50.4 Å². The summed E-state index contributed by atoms with van der Waals surface area (Å²) in [7, 11) is 3.48. The molecule has 5 nitrogen and oxygen atoms in total. The molecule has 1 saturated heterocycles. The molecule has 2 atom stereocenters. The third-order valence-corrected chi connectivity index (χ3v) is 8.45. The smallest absolute Gasteiger partial charge is 0.159 e. The van der Waals surface area contributed by atoms with Crippen molar-refractivity contribution in [2.75, 3.05) is 32.2 Å². The number of hydrogen-bond donors (Lipinski definition) is 1. The lowest BCUT2D eigenvalue weighted by Gasteiger charge is -2.37. The van der Waals surface area contributed by atoms with Crippen molar-refractivity contribution in [2.24, 2.45) is 5.92 Å². The van der Waals surface area contributed by atoms with Crippen LogP contribution >= 0.6 is 0 Å². The zero-order valence-electron chi connectivity index (χ0n) is 21.2. The van der Waals surface area contributed by atoms with Gasteiger partial charge in [0.15, 0.2) is 6.29 Å². The number of ether oxygens (including phenoxy) is 2. The van der Waals surface area contributed by atoms with E-state index in [9.17, 15) is 0 Å². The van der Waals surface area contributed by atoms with Crippen LogP contribution in [0.15, 0.2) is 72.9 Å². The molecule has 0 saturated carbocycles. The van der Waals surface area contributed by atoms with Crippen LogP contribution in [0.1, 0.15) is 53.4 Å². The zero-order valence-corrected chi connectivity index (χ0v) is 21.2. The van der Waals surface area contributed by atoms with E-state index in [1.54, 1.807) is 14.2 Å². The van der Waals surface area contributed by atoms with Gasteiger partial charge in [-0.25, -0.2) is 0 Å². The largest absolute Gasteiger partial charge is 0.372 e. The first-order chi connectivity index (χ1) is 17.8. The molecule has 2 heterocycles. The Labute approximate surface area is 213 Å². The Balaban J connectivity index is 1.30. The fourth-order valence-corrected chi connectivity index (χ4v) is 6.62. The Morgan fingerprint density at radius 2 is 1.61 bits per heavy atom. The number of fused-ring (bicyclic) bond motifs is 3. The molecule has 3 aromatic carbocycles. The second kappa shape index (κ2) is 10.1. The van der Waals surface area contributed by atoms with Gasteiger partial charge >= 0.3 is 0 Å². The van der Waals surface area contributed by atoms with Crippen molar-refractivity contribution in [2.45, 2.75) is 43.8 Å². The Bertz CT molecular complexity index is 1290. The van der Waals surface area contributed by atoms with Crippen LogP contribution in [-0.2, 0) is 15.9 Å². The summed E-state index contributed by atoms with van der Waals surface area (Å²) in [5, 5.41) is 8.76. The van der Waals surface area contributed by atoms with Gasteiger partial charge in [-0.05, 0) is 72.1 Å². The van der Waals surface area contributed by atoms with E-state index in [0.717, 1.165) is 44.3 Å². The van der Waals surface area contributed by atoms with Crippen LogP contribution in [-0.4, -0.2) is 43.8 Å². The van der Waals surface area contributed by atoms with Gasteiger partial charge in [0.05, 0.1) is 11.7 Å². The quantitative estimate of drug-likeness (QED) is 0.330. The molecule has 0 radical (unpaired) electrons. The predicted molar refractivity (Wildman–Crippen MR) is 145 cm³/mol. The molecule has 1 aliphatic carbocycles. The van der Waals surface area contributed by atoms with Crippen LogP contribution in [0.5, 0.6) is 0 Å². The first-order valence-corrected chi connectivity index (χ1v) is 13.2. The molecule has 0 bridgehead atoms. The Hall–Kier alpha value is -3.15. The van der Waals surface area contributed by atoms with Gasteiger partial charge in [-0.3, -0.25) is 5.10 Å². The third-order valence-electron chi connectivity index (χ3n) is 8.45. The summed E-state index contributed by atoms with van der Waals surface area (Å²) >= 11 is 0. The van der Waals surface area contributed by atoms with Crippen LogP contribution in [0.4, 0.5) is 5.69 Å². The van der Waals surface area contributed by atoms with Crippen LogP contribution in [0.25, 0.3) is 10.9 Å². The summed E-state index contributed by atoms with van der Waals surface area (Å²) in [5.41, 5.74) is 8.16. The summed E-state index contributed by atoms with van der Waals surface area (Å²) in [6.45, 7) is 2.06. The van der Waals surface area contributed by atoms with E-state index in [0.29, 0.717) is 17.8 Å². The first-order valence-electron chi connectivity index (χ1n) is 13.2. The van der Waals surface area contributed by atoms with Crippen molar-refractivity contribution in [3.63, 3.8) is 0 Å². The van der Waals surface area contributed by atoms with Crippen LogP contribution in [0, 0.1) is 5.92 Å². The molecular formula is C31H35N3O2. The van der Waals surface area contributed by atoms with Gasteiger partial charge in [-0.15, -0.1) is 0 Å². The summed E-state index contributed by atoms with van der Waals surface area (Å²) < 4.78 is 11.0. The van der Waals surface area contributed by atoms with Gasteiger partial charge < -0.3 is 14.4 Å². The van der Waals surface area contributed by atoms with Crippen LogP contribution in [0.3, 0.4) is 0 Å². The lowest BCUT2D eigenvalue weighted by Crippen LogP contribution is -2.39. The van der Waals surface area contributed by atoms with Crippen molar-refractivity contribution < 1.29 is 9.47 Å². The highest BCUT2D eigenvalue weighted by atomic mass is 16.7. The highest BCUT2D eigenvalue weighted by molar-refractivity contribution is 5.83. The number of rotatable bonds is 6. The number of nitrogens with zero attached hydrogens (tertiary/aromatic N) is 2. The predicted octanol–water partition coefficient (Wildman–Crippen LogP) is 6.26. The maximum Gasteiger partial charge on any atom is 0.159 e. The maximum atomic E-state index is 5.51. The molecule has 0 spiro atoms. The van der Waals surface area contributed by atoms with Crippen LogP contribution in [0.2, 0.25) is 0 Å². The number of methoxy groups -OCH3 is 2. The summed E-state index contributed by atoms with van der Waals surface area (Å²) in [6.07, 6.45) is 6.29. The lowest BCUT2D eigenvalue weighted by atomic mass is 9.69. The number of piperidine rings is 1. The Morgan fingerprint density at radius 1 is 0.861 bits per heavy atom. The van der Waals surface area contributed by atoms with Gasteiger partial charge in [0, 0.05) is 50.2 Å². The summed E-state index contributed by atoms with van der Waals surface area (Å²) in [6, 6.07) is 25.0. The fraction of sp³-hybridized carbons (Fsp3) is 0.387. The molecular weight excluding hydrogens is 446 g/mol. The van der Waals surface area contributed by atoms with E-state index in [1.807, 2.05) is 6.20 Å². The summed E-state index contributed by atoms with van der Waals surface area (Å²) in [4.78, 5) is 2.50. The van der Waals surface area contributed by atoms with E-state index in [1.165, 1.54) is 33.3 Å². The SMILES string of the molecule is COC(OC)C1CCN(c2ccc(C3c4ccc5[nH]ncc5c4CCC3c3ccccc3)cc2)CC1. The van der Waals surface area contributed by atoms with Gasteiger partial charge in [-0.2, -0.15) is 5.10 Å². The molecule has 5 heteroatoms. The van der Waals surface area contributed by atoms with Crippen molar-refractivity contribution in [3.8, 4) is 0 Å². The normalized spacial score (nSPS) is 20.7. The van der Waals surface area contributed by atoms with Gasteiger partial charge in [-0.1, -0.05) is 48.5 Å². The molecule has 2 aliphatic rings. The molecule has 0 amide bonds. The minimum absolute atomic E-state index is 0.0995. The van der Waals surface area contributed by atoms with Crippen LogP contribution < -0.4 is 4.90 Å². The molecule has 1 fully saturated rings. The molecule has 36 heavy (non-hydrogen) atoms. The molecule has 2 unspecified atom stereocenters. The van der Waals surface area contributed by atoms with Gasteiger partial charge in [0.2, 0.25) is 0 Å². The minimum atomic E-state index is -0.0995. The number of aryl methyl sites for hydroxylation is 1. The van der Waals surface area contributed by atoms with E-state index in [2.05, 4.69) is 81.8 Å². The highest BCUT2D eigenvalue weighted by Gasteiger charge is 2.33. The van der Waals surface area contributed by atoms with Crippen molar-refractivity contribution >= 4 is 16.6 Å². The second-order valence-electron chi connectivity index (χ2n) is 10.3. The number of H-pyrrole nitrogens is 1. The van der Waals surface area contributed by atoms with E-state index < -0.39 is 0 Å². The maximum absolute atomic E-state index is 5.51. The number of hydrogen-bond acceptors (Lipinski definition) is 4. The molecule has 1 N–H and O–H groups in total. The number of aromatic amines is 1. The zero-order chi connectivity index (χ0) is 24.5. The number of benzene rings is 3. The molecule has 186 valence electrons. The molecule has 4 aromatic rings. The van der Waals surface area contributed by atoms with Crippen molar-refractivity contribution in [3.05, 3.63) is 95.2 Å². The fourth-order valence-electron chi connectivity index (χ4n) is 6.62. The minimum Gasteiger partial charge on any atom is -0.372 e. The van der Waals surface area contributed by atoms with E-state index in [-0.39, 0.29) is 6.29 Å². The average Bonchev–Trinajstić information content (AvgIpc) is 3.44. The molecule has 1 aliphatic heterocycles. The molecule has 1 aromatic heterocycles. The Morgan fingerprint density at radius 3 is 2.33 bits per heavy atom. The van der Waals surface area contributed by atoms with Gasteiger partial charge in [0.25, 0.3) is 0 Å². The average molecular weight is 482 g/mol. The monoisotopic (exact) mass is 481 g/mol. The standard InChI is InChI=1S/C31H35N3O2/c1-35-31(36-2)23-16-18-34(19-17-23)24-10-8-22(9-11-24)30-25(21-6-4-3-5-7-21)12-13-26-27(30)14-15-29-28(26)20-32-33-29/h3-11,14-15,20,23,25,30-31H,12-13,16-19H2,1-2H3,(H,32,33). The van der Waals surface area contributed by atoms with E-state index in [4.69, 9.17) is 9.47 Å². The third kappa shape index (κ3) is 4.21. The Kier molecular flexibility index (Phi) is 6.51. The first kappa shape index (κ1) is 23.3. The number of anilines is 1. The molecule has 6 rings (SSSR count). The van der Waals surface area contributed by atoms with Crippen molar-refractivity contribution in [1.82, 2.24) is 10.2 Å².